The fourth-order valence-electron chi connectivity index (χ4n) is 2.76. The molecule has 0 unspecified atom stereocenters. The molecular formula is C21H26N6O. The Morgan fingerprint density at radius 1 is 1.14 bits per heavy atom. The van der Waals surface area contributed by atoms with Crippen LogP contribution in [0.25, 0.3) is 11.4 Å². The molecule has 3 aromatic rings. The average Bonchev–Trinajstić information content (AvgIpc) is 3.13. The first-order chi connectivity index (χ1) is 13.3. The van der Waals surface area contributed by atoms with Gasteiger partial charge in [0.2, 0.25) is 5.95 Å². The lowest BCUT2D eigenvalue weighted by molar-refractivity contribution is 0.0944. The number of aromatic nitrogens is 4. The van der Waals surface area contributed by atoms with E-state index in [1.165, 1.54) is 0 Å². The molecule has 2 aromatic heterocycles. The van der Waals surface area contributed by atoms with Crippen molar-refractivity contribution in [1.29, 1.82) is 0 Å². The molecule has 0 aliphatic heterocycles. The summed E-state index contributed by atoms with van der Waals surface area (Å²) < 4.78 is 1.84. The molecule has 0 aliphatic rings. The SMILES string of the molecule is CN(C)c1nccc(-c2cc(C(=O)NCc3ccccc3)nn2C(C)(C)C)n1. The van der Waals surface area contributed by atoms with Gasteiger partial charge in [0.15, 0.2) is 5.69 Å². The van der Waals surface area contributed by atoms with Gasteiger partial charge in [-0.15, -0.1) is 0 Å². The lowest BCUT2D eigenvalue weighted by Gasteiger charge is -2.22. The van der Waals surface area contributed by atoms with Crippen LogP contribution in [0, 0.1) is 0 Å². The summed E-state index contributed by atoms with van der Waals surface area (Å²) in [6.45, 7) is 6.59. The smallest absolute Gasteiger partial charge is 0.272 e. The van der Waals surface area contributed by atoms with Gasteiger partial charge in [-0.2, -0.15) is 5.10 Å². The van der Waals surface area contributed by atoms with Crippen LogP contribution in [0.3, 0.4) is 0 Å². The second-order valence-electron chi connectivity index (χ2n) is 7.80. The first-order valence-corrected chi connectivity index (χ1v) is 9.19. The number of rotatable bonds is 5. The van der Waals surface area contributed by atoms with E-state index >= 15 is 0 Å². The van der Waals surface area contributed by atoms with Crippen LogP contribution in [-0.2, 0) is 12.1 Å². The molecule has 146 valence electrons. The number of nitrogens with zero attached hydrogens (tertiary/aromatic N) is 5. The van der Waals surface area contributed by atoms with Crippen molar-refractivity contribution in [1.82, 2.24) is 25.1 Å². The number of amides is 1. The number of hydrogen-bond acceptors (Lipinski definition) is 5. The molecule has 1 aromatic carbocycles. The van der Waals surface area contributed by atoms with E-state index in [0.29, 0.717) is 18.2 Å². The highest BCUT2D eigenvalue weighted by Gasteiger charge is 2.24. The maximum Gasteiger partial charge on any atom is 0.272 e. The number of benzene rings is 1. The summed E-state index contributed by atoms with van der Waals surface area (Å²) in [5.74, 6) is 0.393. The van der Waals surface area contributed by atoms with Crippen molar-refractivity contribution in [3.05, 3.63) is 59.9 Å². The zero-order valence-electron chi connectivity index (χ0n) is 17.0. The number of nitrogens with one attached hydrogen (secondary N) is 1. The van der Waals surface area contributed by atoms with Crippen molar-refractivity contribution in [3.63, 3.8) is 0 Å². The van der Waals surface area contributed by atoms with E-state index in [9.17, 15) is 4.79 Å². The van der Waals surface area contributed by atoms with Gasteiger partial charge in [-0.05, 0) is 38.5 Å². The maximum absolute atomic E-state index is 12.7. The summed E-state index contributed by atoms with van der Waals surface area (Å²) in [5.41, 5.74) is 2.60. The van der Waals surface area contributed by atoms with Crippen molar-refractivity contribution in [2.45, 2.75) is 32.9 Å². The lowest BCUT2D eigenvalue weighted by atomic mass is 10.1. The monoisotopic (exact) mass is 378 g/mol. The Hall–Kier alpha value is -3.22. The van der Waals surface area contributed by atoms with E-state index in [1.54, 1.807) is 12.3 Å². The van der Waals surface area contributed by atoms with Crippen molar-refractivity contribution >= 4 is 11.9 Å². The Kier molecular flexibility index (Phi) is 5.44. The zero-order chi connectivity index (χ0) is 20.3. The highest BCUT2D eigenvalue weighted by molar-refractivity contribution is 5.93. The third-order valence-electron chi connectivity index (χ3n) is 4.18. The Bertz CT molecular complexity index is 957. The maximum atomic E-state index is 12.7. The van der Waals surface area contributed by atoms with E-state index in [1.807, 2.05) is 80.8 Å². The summed E-state index contributed by atoms with van der Waals surface area (Å²) >= 11 is 0. The van der Waals surface area contributed by atoms with Gasteiger partial charge in [-0.25, -0.2) is 9.97 Å². The van der Waals surface area contributed by atoms with Crippen molar-refractivity contribution in [2.24, 2.45) is 0 Å². The number of anilines is 1. The highest BCUT2D eigenvalue weighted by atomic mass is 16.1. The predicted octanol–water partition coefficient (Wildman–Crippen LogP) is 3.09. The van der Waals surface area contributed by atoms with Gasteiger partial charge in [0.25, 0.3) is 5.91 Å². The minimum atomic E-state index is -0.309. The molecule has 0 atom stereocenters. The summed E-state index contributed by atoms with van der Waals surface area (Å²) in [7, 11) is 3.78. The number of hydrogen-bond donors (Lipinski definition) is 1. The van der Waals surface area contributed by atoms with Crippen LogP contribution in [0.2, 0.25) is 0 Å². The third-order valence-corrected chi connectivity index (χ3v) is 4.18. The van der Waals surface area contributed by atoms with Crippen LogP contribution in [0.15, 0.2) is 48.7 Å². The van der Waals surface area contributed by atoms with Crippen molar-refractivity contribution in [2.75, 3.05) is 19.0 Å². The Morgan fingerprint density at radius 3 is 2.50 bits per heavy atom. The predicted molar refractivity (Wildman–Crippen MR) is 110 cm³/mol. The Labute approximate surface area is 165 Å². The summed E-state index contributed by atoms with van der Waals surface area (Å²) in [5, 5.41) is 7.51. The minimum absolute atomic E-state index is 0.213. The Balaban J connectivity index is 1.92. The van der Waals surface area contributed by atoms with Crippen LogP contribution < -0.4 is 10.2 Å². The van der Waals surface area contributed by atoms with Gasteiger partial charge in [-0.1, -0.05) is 30.3 Å². The quantitative estimate of drug-likeness (QED) is 0.738. The fourth-order valence-corrected chi connectivity index (χ4v) is 2.76. The molecule has 7 heteroatoms. The largest absolute Gasteiger partial charge is 0.347 e. The van der Waals surface area contributed by atoms with Crippen molar-refractivity contribution in [3.8, 4) is 11.4 Å². The van der Waals surface area contributed by atoms with E-state index in [4.69, 9.17) is 0 Å². The molecular weight excluding hydrogens is 352 g/mol. The average molecular weight is 378 g/mol. The van der Waals surface area contributed by atoms with Crippen molar-refractivity contribution < 1.29 is 4.79 Å². The van der Waals surface area contributed by atoms with E-state index in [0.717, 1.165) is 17.0 Å². The number of carbonyl (C=O) groups excluding carboxylic acids is 1. The van der Waals surface area contributed by atoms with Crippen LogP contribution in [0.1, 0.15) is 36.8 Å². The highest BCUT2D eigenvalue weighted by Crippen LogP contribution is 2.26. The van der Waals surface area contributed by atoms with E-state index in [2.05, 4.69) is 20.4 Å². The lowest BCUT2D eigenvalue weighted by Crippen LogP contribution is -2.27. The van der Waals surface area contributed by atoms with Crippen LogP contribution in [-0.4, -0.2) is 39.8 Å². The zero-order valence-corrected chi connectivity index (χ0v) is 17.0. The second kappa shape index (κ2) is 7.80. The molecule has 0 saturated carbocycles. The molecule has 7 nitrogen and oxygen atoms in total. The summed E-state index contributed by atoms with van der Waals surface area (Å²) in [6.07, 6.45) is 1.72. The standard InChI is InChI=1S/C21H26N6O/c1-21(2,3)27-18(16-11-12-22-20(24-16)26(4)5)13-17(25-27)19(28)23-14-15-9-7-6-8-10-15/h6-13H,14H2,1-5H3,(H,23,28). The molecule has 28 heavy (non-hydrogen) atoms. The first kappa shape index (κ1) is 19.5. The molecule has 0 bridgehead atoms. The topological polar surface area (TPSA) is 75.9 Å². The molecule has 2 heterocycles. The van der Waals surface area contributed by atoms with Gasteiger partial charge >= 0.3 is 0 Å². The van der Waals surface area contributed by atoms with Crippen LogP contribution in [0.4, 0.5) is 5.95 Å². The van der Waals surface area contributed by atoms with Gasteiger partial charge in [-0.3, -0.25) is 9.48 Å². The Morgan fingerprint density at radius 2 is 1.86 bits per heavy atom. The number of carbonyl (C=O) groups is 1. The van der Waals surface area contributed by atoms with Gasteiger partial charge < -0.3 is 10.2 Å². The molecule has 1 amide bonds. The molecule has 0 saturated heterocycles. The fraction of sp³-hybridized carbons (Fsp3) is 0.333. The molecule has 0 fully saturated rings. The third kappa shape index (κ3) is 4.36. The molecule has 0 radical (unpaired) electrons. The normalized spacial score (nSPS) is 11.3. The van der Waals surface area contributed by atoms with Gasteiger partial charge in [0.1, 0.15) is 0 Å². The van der Waals surface area contributed by atoms with Crippen LogP contribution >= 0.6 is 0 Å². The summed E-state index contributed by atoms with van der Waals surface area (Å²) in [4.78, 5) is 23.4. The molecule has 0 spiro atoms. The second-order valence-corrected chi connectivity index (χ2v) is 7.80. The van der Waals surface area contributed by atoms with Gasteiger partial charge in [0, 0.05) is 26.8 Å². The minimum Gasteiger partial charge on any atom is -0.347 e. The first-order valence-electron chi connectivity index (χ1n) is 9.19. The van der Waals surface area contributed by atoms with Crippen LogP contribution in [0.5, 0.6) is 0 Å². The molecule has 0 aliphatic carbocycles. The molecule has 1 N–H and O–H groups in total. The van der Waals surface area contributed by atoms with Gasteiger partial charge in [0.05, 0.1) is 16.9 Å². The summed E-state index contributed by atoms with van der Waals surface area (Å²) in [6, 6.07) is 13.4. The van der Waals surface area contributed by atoms with E-state index < -0.39 is 0 Å². The van der Waals surface area contributed by atoms with E-state index in [-0.39, 0.29) is 11.4 Å². The molecule has 3 rings (SSSR count).